The summed E-state index contributed by atoms with van der Waals surface area (Å²) in [5, 5.41) is 7.12. The molecule has 0 aliphatic carbocycles. The summed E-state index contributed by atoms with van der Waals surface area (Å²) in [5.74, 6) is 0.349. The Morgan fingerprint density at radius 1 is 1.22 bits per heavy atom. The number of nitrogens with zero attached hydrogens (tertiary/aromatic N) is 3. The molecule has 0 aliphatic rings. The fourth-order valence-corrected chi connectivity index (χ4v) is 2.54. The fourth-order valence-electron chi connectivity index (χ4n) is 2.54. The molecule has 0 saturated carbocycles. The van der Waals surface area contributed by atoms with Gasteiger partial charge in [-0.05, 0) is 44.5 Å². The largest absolute Gasteiger partial charge is 0.495 e. The van der Waals surface area contributed by atoms with Gasteiger partial charge in [0.05, 0.1) is 19.0 Å². The van der Waals surface area contributed by atoms with Crippen LogP contribution in [0.4, 0.5) is 5.69 Å². The van der Waals surface area contributed by atoms with Gasteiger partial charge in [-0.3, -0.25) is 4.79 Å². The van der Waals surface area contributed by atoms with E-state index >= 15 is 0 Å². The number of benzene rings is 1. The third-order valence-electron chi connectivity index (χ3n) is 3.63. The highest BCUT2D eigenvalue weighted by Crippen LogP contribution is 2.26. The van der Waals surface area contributed by atoms with Gasteiger partial charge >= 0.3 is 0 Å². The van der Waals surface area contributed by atoms with Gasteiger partial charge in [0.1, 0.15) is 11.3 Å². The van der Waals surface area contributed by atoms with Crippen LogP contribution in [0.15, 0.2) is 30.5 Å². The molecule has 23 heavy (non-hydrogen) atoms. The minimum Gasteiger partial charge on any atom is -0.495 e. The van der Waals surface area contributed by atoms with Crippen LogP contribution in [0, 0.1) is 20.8 Å². The van der Waals surface area contributed by atoms with Gasteiger partial charge in [-0.2, -0.15) is 5.10 Å². The number of rotatable bonds is 3. The normalized spacial score (nSPS) is 10.8. The van der Waals surface area contributed by atoms with Crippen LogP contribution in [0.2, 0.25) is 0 Å². The van der Waals surface area contributed by atoms with Crippen LogP contribution in [-0.2, 0) is 0 Å². The van der Waals surface area contributed by atoms with Crippen molar-refractivity contribution in [1.82, 2.24) is 14.6 Å². The molecule has 0 radical (unpaired) electrons. The van der Waals surface area contributed by atoms with Crippen LogP contribution in [0.3, 0.4) is 0 Å². The molecule has 0 saturated heterocycles. The van der Waals surface area contributed by atoms with E-state index in [-0.39, 0.29) is 5.91 Å². The van der Waals surface area contributed by atoms with E-state index in [0.717, 1.165) is 17.0 Å². The lowest BCUT2D eigenvalue weighted by Gasteiger charge is -2.10. The lowest BCUT2D eigenvalue weighted by Crippen LogP contribution is -2.13. The van der Waals surface area contributed by atoms with E-state index < -0.39 is 0 Å². The van der Waals surface area contributed by atoms with E-state index in [0.29, 0.717) is 22.6 Å². The Morgan fingerprint density at radius 2 is 2.00 bits per heavy atom. The Labute approximate surface area is 134 Å². The molecule has 0 bridgehead atoms. The minimum atomic E-state index is -0.263. The highest BCUT2D eigenvalue weighted by atomic mass is 16.5. The summed E-state index contributed by atoms with van der Waals surface area (Å²) >= 11 is 0. The van der Waals surface area contributed by atoms with Gasteiger partial charge in [0, 0.05) is 11.4 Å². The Hall–Kier alpha value is -2.89. The zero-order chi connectivity index (χ0) is 16.6. The monoisotopic (exact) mass is 310 g/mol. The van der Waals surface area contributed by atoms with Crippen LogP contribution in [0.1, 0.15) is 27.3 Å². The average Bonchev–Trinajstić information content (AvgIpc) is 2.91. The highest BCUT2D eigenvalue weighted by Gasteiger charge is 2.17. The zero-order valence-corrected chi connectivity index (χ0v) is 13.5. The molecule has 6 nitrogen and oxygen atoms in total. The number of anilines is 1. The van der Waals surface area contributed by atoms with Crippen molar-refractivity contribution in [3.63, 3.8) is 0 Å². The number of hydrogen-bond acceptors (Lipinski definition) is 4. The first-order valence-electron chi connectivity index (χ1n) is 7.27. The first-order valence-corrected chi connectivity index (χ1v) is 7.27. The summed E-state index contributed by atoms with van der Waals surface area (Å²) in [5.41, 5.74) is 4.41. The maximum Gasteiger partial charge on any atom is 0.261 e. The summed E-state index contributed by atoms with van der Waals surface area (Å²) in [6, 6.07) is 7.54. The fraction of sp³-hybridized carbons (Fsp3) is 0.235. The molecule has 0 aliphatic heterocycles. The van der Waals surface area contributed by atoms with Crippen molar-refractivity contribution in [2.75, 3.05) is 12.4 Å². The molecule has 1 aromatic carbocycles. The highest BCUT2D eigenvalue weighted by molar-refractivity contribution is 6.08. The standard InChI is InChI=1S/C17H18N4O2/c1-10-5-6-15(23-4)14(7-10)20-17(22)13-9-18-21-12(3)8-11(2)19-16(13)21/h5-9H,1-4H3,(H,20,22). The Balaban J connectivity index is 2.00. The second-order valence-corrected chi connectivity index (χ2v) is 5.49. The summed E-state index contributed by atoms with van der Waals surface area (Å²) in [6.07, 6.45) is 1.53. The second kappa shape index (κ2) is 5.72. The van der Waals surface area contributed by atoms with Crippen molar-refractivity contribution in [2.45, 2.75) is 20.8 Å². The molecule has 3 aromatic rings. The van der Waals surface area contributed by atoms with Crippen LogP contribution < -0.4 is 10.1 Å². The van der Waals surface area contributed by atoms with Crippen LogP contribution in [0.25, 0.3) is 5.65 Å². The molecule has 2 aromatic heterocycles. The van der Waals surface area contributed by atoms with Gasteiger partial charge < -0.3 is 10.1 Å². The van der Waals surface area contributed by atoms with Gasteiger partial charge in [0.15, 0.2) is 5.65 Å². The molecule has 3 rings (SSSR count). The first kappa shape index (κ1) is 15.0. The Kier molecular flexibility index (Phi) is 3.73. The SMILES string of the molecule is COc1ccc(C)cc1NC(=O)c1cnn2c(C)cc(C)nc12. The smallest absolute Gasteiger partial charge is 0.261 e. The minimum absolute atomic E-state index is 0.263. The molecule has 1 amide bonds. The molecule has 118 valence electrons. The van der Waals surface area contributed by atoms with Gasteiger partial charge in [-0.15, -0.1) is 0 Å². The van der Waals surface area contributed by atoms with E-state index in [2.05, 4.69) is 15.4 Å². The van der Waals surface area contributed by atoms with Crippen molar-refractivity contribution in [1.29, 1.82) is 0 Å². The van der Waals surface area contributed by atoms with Crippen molar-refractivity contribution in [2.24, 2.45) is 0 Å². The molecule has 0 spiro atoms. The van der Waals surface area contributed by atoms with Crippen LogP contribution in [-0.4, -0.2) is 27.6 Å². The Morgan fingerprint density at radius 3 is 2.74 bits per heavy atom. The number of carbonyl (C=O) groups excluding carboxylic acids is 1. The van der Waals surface area contributed by atoms with E-state index in [9.17, 15) is 4.79 Å². The van der Waals surface area contributed by atoms with Crippen molar-refractivity contribution >= 4 is 17.2 Å². The topological polar surface area (TPSA) is 68.5 Å². The number of nitrogens with one attached hydrogen (secondary N) is 1. The van der Waals surface area contributed by atoms with Crippen molar-refractivity contribution in [3.8, 4) is 5.75 Å². The second-order valence-electron chi connectivity index (χ2n) is 5.49. The summed E-state index contributed by atoms with van der Waals surface area (Å²) in [6.45, 7) is 5.78. The van der Waals surface area contributed by atoms with Crippen molar-refractivity contribution in [3.05, 3.63) is 53.0 Å². The molecular weight excluding hydrogens is 292 g/mol. The molecule has 2 heterocycles. The van der Waals surface area contributed by atoms with Gasteiger partial charge in [0.2, 0.25) is 0 Å². The number of methoxy groups -OCH3 is 1. The number of amides is 1. The molecule has 6 heteroatoms. The number of ether oxygens (including phenoxy) is 1. The van der Waals surface area contributed by atoms with E-state index in [1.54, 1.807) is 11.6 Å². The van der Waals surface area contributed by atoms with E-state index in [1.165, 1.54) is 6.20 Å². The number of hydrogen-bond donors (Lipinski definition) is 1. The predicted molar refractivity (Wildman–Crippen MR) is 88.1 cm³/mol. The molecule has 0 atom stereocenters. The van der Waals surface area contributed by atoms with E-state index in [1.807, 2.05) is 45.0 Å². The maximum absolute atomic E-state index is 12.6. The number of aromatic nitrogens is 3. The lowest BCUT2D eigenvalue weighted by atomic mass is 10.2. The maximum atomic E-state index is 12.6. The van der Waals surface area contributed by atoms with Crippen molar-refractivity contribution < 1.29 is 9.53 Å². The number of carbonyl (C=O) groups is 1. The summed E-state index contributed by atoms with van der Waals surface area (Å²) < 4.78 is 6.96. The third-order valence-corrected chi connectivity index (χ3v) is 3.63. The number of aryl methyl sites for hydroxylation is 3. The first-order chi connectivity index (χ1) is 11.0. The average molecular weight is 310 g/mol. The van der Waals surface area contributed by atoms with Crippen LogP contribution >= 0.6 is 0 Å². The van der Waals surface area contributed by atoms with Gasteiger partial charge in [0.25, 0.3) is 5.91 Å². The van der Waals surface area contributed by atoms with Gasteiger partial charge in [-0.25, -0.2) is 9.50 Å². The van der Waals surface area contributed by atoms with Gasteiger partial charge in [-0.1, -0.05) is 6.07 Å². The molecule has 1 N–H and O–H groups in total. The summed E-state index contributed by atoms with van der Waals surface area (Å²) in [4.78, 5) is 17.1. The lowest BCUT2D eigenvalue weighted by molar-refractivity contribution is 0.102. The van der Waals surface area contributed by atoms with Crippen LogP contribution in [0.5, 0.6) is 5.75 Å². The predicted octanol–water partition coefficient (Wildman–Crippen LogP) is 2.92. The molecule has 0 unspecified atom stereocenters. The third kappa shape index (κ3) is 2.75. The Bertz CT molecular complexity index is 899. The molecular formula is C17H18N4O2. The molecule has 0 fully saturated rings. The van der Waals surface area contributed by atoms with E-state index in [4.69, 9.17) is 4.74 Å². The number of fused-ring (bicyclic) bond motifs is 1. The summed E-state index contributed by atoms with van der Waals surface area (Å²) in [7, 11) is 1.57. The quantitative estimate of drug-likeness (QED) is 0.807. The zero-order valence-electron chi connectivity index (χ0n) is 13.5.